The molecule has 0 spiro atoms. The van der Waals surface area contributed by atoms with Crippen molar-refractivity contribution >= 4 is 11.7 Å². The Kier molecular flexibility index (Phi) is 7.63. The van der Waals surface area contributed by atoms with Gasteiger partial charge in [0.2, 0.25) is 0 Å². The van der Waals surface area contributed by atoms with Gasteiger partial charge in [0.1, 0.15) is 11.6 Å². The Labute approximate surface area is 172 Å². The highest BCUT2D eigenvalue weighted by Crippen LogP contribution is 2.13. The Bertz CT molecular complexity index is 896. The van der Waals surface area contributed by atoms with Crippen molar-refractivity contribution in [2.45, 2.75) is 19.3 Å². The lowest BCUT2D eigenvalue weighted by molar-refractivity contribution is 0.0953. The van der Waals surface area contributed by atoms with E-state index in [-0.39, 0.29) is 5.91 Å². The molecule has 0 aliphatic carbocycles. The van der Waals surface area contributed by atoms with Gasteiger partial charge in [-0.15, -0.1) is 0 Å². The van der Waals surface area contributed by atoms with Crippen LogP contribution in [0.3, 0.4) is 0 Å². The average molecular weight is 389 g/mol. The summed E-state index contributed by atoms with van der Waals surface area (Å²) < 4.78 is 5.24. The number of rotatable bonds is 10. The second kappa shape index (κ2) is 10.9. The number of anilines is 1. The zero-order chi connectivity index (χ0) is 20.3. The SMILES string of the molecule is COc1cccc(CCNc2ccc(C(=O)NCCCc3ccccc3)cn2)c1. The summed E-state index contributed by atoms with van der Waals surface area (Å²) in [5.41, 5.74) is 3.05. The van der Waals surface area contributed by atoms with Crippen LogP contribution in [-0.4, -0.2) is 31.1 Å². The molecule has 0 aliphatic heterocycles. The zero-order valence-electron chi connectivity index (χ0n) is 16.7. The van der Waals surface area contributed by atoms with Gasteiger partial charge in [-0.3, -0.25) is 4.79 Å². The molecule has 3 rings (SSSR count). The number of benzene rings is 2. The fourth-order valence-corrected chi connectivity index (χ4v) is 3.04. The Morgan fingerprint density at radius 1 is 0.931 bits per heavy atom. The summed E-state index contributed by atoms with van der Waals surface area (Å²) in [7, 11) is 1.67. The van der Waals surface area contributed by atoms with Crippen LogP contribution in [-0.2, 0) is 12.8 Å². The number of aryl methyl sites for hydroxylation is 1. The monoisotopic (exact) mass is 389 g/mol. The number of amides is 1. The summed E-state index contributed by atoms with van der Waals surface area (Å²) in [6.07, 6.45) is 4.34. The lowest BCUT2D eigenvalue weighted by Gasteiger charge is -2.08. The van der Waals surface area contributed by atoms with Gasteiger partial charge in [-0.1, -0.05) is 42.5 Å². The number of carbonyl (C=O) groups is 1. The highest BCUT2D eigenvalue weighted by Gasteiger charge is 2.06. The Balaban J connectivity index is 1.39. The molecule has 0 unspecified atom stereocenters. The van der Waals surface area contributed by atoms with Gasteiger partial charge in [-0.25, -0.2) is 4.98 Å². The first-order chi connectivity index (χ1) is 14.2. The number of pyridine rings is 1. The average Bonchev–Trinajstić information content (AvgIpc) is 2.78. The van der Waals surface area contributed by atoms with E-state index in [1.807, 2.05) is 42.5 Å². The molecule has 29 heavy (non-hydrogen) atoms. The van der Waals surface area contributed by atoms with Gasteiger partial charge in [0.25, 0.3) is 5.91 Å². The highest BCUT2D eigenvalue weighted by molar-refractivity contribution is 5.94. The minimum absolute atomic E-state index is 0.0894. The minimum atomic E-state index is -0.0894. The Morgan fingerprint density at radius 3 is 2.52 bits per heavy atom. The van der Waals surface area contributed by atoms with Crippen molar-refractivity contribution in [1.29, 1.82) is 0 Å². The highest BCUT2D eigenvalue weighted by atomic mass is 16.5. The van der Waals surface area contributed by atoms with Crippen LogP contribution in [0.5, 0.6) is 5.75 Å². The first-order valence-electron chi connectivity index (χ1n) is 9.89. The van der Waals surface area contributed by atoms with E-state index in [0.717, 1.165) is 37.4 Å². The predicted octanol–water partition coefficient (Wildman–Crippen LogP) is 4.11. The van der Waals surface area contributed by atoms with Gasteiger partial charge in [0, 0.05) is 19.3 Å². The normalized spacial score (nSPS) is 10.4. The summed E-state index contributed by atoms with van der Waals surface area (Å²) in [6.45, 7) is 1.40. The molecule has 0 saturated carbocycles. The molecular weight excluding hydrogens is 362 g/mol. The maximum absolute atomic E-state index is 12.2. The maximum atomic E-state index is 12.2. The topological polar surface area (TPSA) is 63.2 Å². The first kappa shape index (κ1) is 20.4. The molecular formula is C24H27N3O2. The third-order valence-electron chi connectivity index (χ3n) is 4.65. The summed E-state index contributed by atoms with van der Waals surface area (Å²) in [5, 5.41) is 6.24. The number of nitrogens with zero attached hydrogens (tertiary/aromatic N) is 1. The van der Waals surface area contributed by atoms with Crippen LogP contribution >= 0.6 is 0 Å². The molecule has 5 heteroatoms. The smallest absolute Gasteiger partial charge is 0.252 e. The summed E-state index contributed by atoms with van der Waals surface area (Å²) >= 11 is 0. The van der Waals surface area contributed by atoms with Crippen molar-refractivity contribution in [1.82, 2.24) is 10.3 Å². The zero-order valence-corrected chi connectivity index (χ0v) is 16.7. The third-order valence-corrected chi connectivity index (χ3v) is 4.65. The molecule has 0 radical (unpaired) electrons. The molecule has 1 amide bonds. The molecule has 0 fully saturated rings. The van der Waals surface area contributed by atoms with Gasteiger partial charge in [0.15, 0.2) is 0 Å². The molecule has 1 aromatic heterocycles. The standard InChI is InChI=1S/C24H27N3O2/c1-29-22-11-5-9-20(17-22)14-16-25-23-13-12-21(18-27-23)24(28)26-15-6-10-19-7-3-2-4-8-19/h2-5,7-9,11-13,17-18H,6,10,14-16H2,1H3,(H,25,27)(H,26,28). The van der Waals surface area contributed by atoms with Gasteiger partial charge < -0.3 is 15.4 Å². The van der Waals surface area contributed by atoms with Crippen LogP contribution in [0, 0.1) is 0 Å². The fourth-order valence-electron chi connectivity index (χ4n) is 3.04. The largest absolute Gasteiger partial charge is 0.497 e. The fraction of sp³-hybridized carbons (Fsp3) is 0.250. The predicted molar refractivity (Wildman–Crippen MR) is 117 cm³/mol. The van der Waals surface area contributed by atoms with Crippen molar-refractivity contribution in [3.8, 4) is 5.75 Å². The van der Waals surface area contributed by atoms with Crippen molar-refractivity contribution in [2.24, 2.45) is 0 Å². The number of ether oxygens (including phenoxy) is 1. The van der Waals surface area contributed by atoms with Crippen molar-refractivity contribution in [3.63, 3.8) is 0 Å². The van der Waals surface area contributed by atoms with E-state index < -0.39 is 0 Å². The molecule has 1 heterocycles. The van der Waals surface area contributed by atoms with Crippen LogP contribution in [0.2, 0.25) is 0 Å². The summed E-state index contributed by atoms with van der Waals surface area (Å²) in [5.74, 6) is 1.53. The van der Waals surface area contributed by atoms with E-state index in [2.05, 4.69) is 33.8 Å². The lowest BCUT2D eigenvalue weighted by Crippen LogP contribution is -2.25. The molecule has 3 aromatic rings. The molecule has 0 bridgehead atoms. The van der Waals surface area contributed by atoms with Gasteiger partial charge in [-0.05, 0) is 54.7 Å². The van der Waals surface area contributed by atoms with Crippen molar-refractivity contribution in [3.05, 3.63) is 89.6 Å². The molecule has 0 aliphatic rings. The molecule has 150 valence electrons. The number of methoxy groups -OCH3 is 1. The number of nitrogens with one attached hydrogen (secondary N) is 2. The molecule has 2 N–H and O–H groups in total. The van der Waals surface area contributed by atoms with Crippen LogP contribution in [0.1, 0.15) is 27.9 Å². The second-order valence-electron chi connectivity index (χ2n) is 6.81. The number of aromatic nitrogens is 1. The van der Waals surface area contributed by atoms with E-state index in [1.165, 1.54) is 11.1 Å². The Morgan fingerprint density at radius 2 is 1.76 bits per heavy atom. The lowest BCUT2D eigenvalue weighted by atomic mass is 10.1. The van der Waals surface area contributed by atoms with E-state index in [9.17, 15) is 4.79 Å². The molecule has 0 atom stereocenters. The first-order valence-corrected chi connectivity index (χ1v) is 9.89. The third kappa shape index (κ3) is 6.64. The van der Waals surface area contributed by atoms with E-state index in [0.29, 0.717) is 12.1 Å². The quantitative estimate of drug-likeness (QED) is 0.512. The van der Waals surface area contributed by atoms with E-state index >= 15 is 0 Å². The number of hydrogen-bond donors (Lipinski definition) is 2. The van der Waals surface area contributed by atoms with Gasteiger partial charge in [-0.2, -0.15) is 0 Å². The summed E-state index contributed by atoms with van der Waals surface area (Å²) in [4.78, 5) is 16.6. The van der Waals surface area contributed by atoms with Crippen molar-refractivity contribution < 1.29 is 9.53 Å². The maximum Gasteiger partial charge on any atom is 0.252 e. The van der Waals surface area contributed by atoms with Gasteiger partial charge in [0.05, 0.1) is 12.7 Å². The van der Waals surface area contributed by atoms with Crippen LogP contribution in [0.4, 0.5) is 5.82 Å². The second-order valence-corrected chi connectivity index (χ2v) is 6.81. The Hall–Kier alpha value is -3.34. The number of hydrogen-bond acceptors (Lipinski definition) is 4. The van der Waals surface area contributed by atoms with Crippen LogP contribution < -0.4 is 15.4 Å². The molecule has 0 saturated heterocycles. The van der Waals surface area contributed by atoms with Gasteiger partial charge >= 0.3 is 0 Å². The van der Waals surface area contributed by atoms with Crippen molar-refractivity contribution in [2.75, 3.05) is 25.5 Å². The summed E-state index contributed by atoms with van der Waals surface area (Å²) in [6, 6.07) is 21.9. The van der Waals surface area contributed by atoms with Crippen LogP contribution in [0.25, 0.3) is 0 Å². The minimum Gasteiger partial charge on any atom is -0.497 e. The number of carbonyl (C=O) groups excluding carboxylic acids is 1. The van der Waals surface area contributed by atoms with E-state index in [4.69, 9.17) is 4.74 Å². The van der Waals surface area contributed by atoms with E-state index in [1.54, 1.807) is 19.4 Å². The molecule has 5 nitrogen and oxygen atoms in total. The molecule has 2 aromatic carbocycles. The van der Waals surface area contributed by atoms with Crippen LogP contribution in [0.15, 0.2) is 72.9 Å².